The van der Waals surface area contributed by atoms with Crippen LogP contribution in [0.1, 0.15) is 47.0 Å². The number of amides is 3. The molecule has 18 heavy (non-hydrogen) atoms. The van der Waals surface area contributed by atoms with Gasteiger partial charge in [0.1, 0.15) is 0 Å². The lowest BCUT2D eigenvalue weighted by Crippen LogP contribution is -2.75. The van der Waals surface area contributed by atoms with Crippen molar-refractivity contribution in [1.82, 2.24) is 14.9 Å². The highest BCUT2D eigenvalue weighted by atomic mass is 28.4. The molecule has 0 radical (unpaired) electrons. The zero-order valence-corrected chi connectivity index (χ0v) is 12.6. The smallest absolute Gasteiger partial charge is 0.348 e. The Bertz CT molecular complexity index is 275. The Morgan fingerprint density at radius 1 is 0.722 bits per heavy atom. The summed E-state index contributed by atoms with van der Waals surface area (Å²) in [5, 5.41) is 0. The fourth-order valence-corrected chi connectivity index (χ4v) is 4.01. The molecule has 6 nitrogen and oxygen atoms in total. The van der Waals surface area contributed by atoms with E-state index >= 15 is 0 Å². The molecule has 0 aliphatic heterocycles. The van der Waals surface area contributed by atoms with Crippen LogP contribution in [0, 0.1) is 0 Å². The molecule has 0 unspecified atom stereocenters. The van der Waals surface area contributed by atoms with Gasteiger partial charge in [0.25, 0.3) is 0 Å². The Labute approximate surface area is 109 Å². The first-order valence-corrected chi connectivity index (χ1v) is 8.56. The SMILES string of the molecule is CCC(=O)N[Si](CC)(NC(=O)CC)NC(=O)CC. The minimum atomic E-state index is -2.82. The molecule has 0 spiro atoms. The van der Waals surface area contributed by atoms with Gasteiger partial charge in [0, 0.05) is 19.3 Å². The van der Waals surface area contributed by atoms with E-state index in [4.69, 9.17) is 0 Å². The van der Waals surface area contributed by atoms with E-state index in [1.165, 1.54) is 0 Å². The predicted octanol–water partition coefficient (Wildman–Crippen LogP) is 0.524. The molecular weight excluding hydrogens is 250 g/mol. The van der Waals surface area contributed by atoms with Gasteiger partial charge in [0.05, 0.1) is 0 Å². The van der Waals surface area contributed by atoms with Gasteiger partial charge < -0.3 is 14.9 Å². The van der Waals surface area contributed by atoms with Crippen LogP contribution >= 0.6 is 0 Å². The molecule has 0 bridgehead atoms. The van der Waals surface area contributed by atoms with Gasteiger partial charge in [0.2, 0.25) is 17.7 Å². The zero-order chi connectivity index (χ0) is 14.2. The molecule has 0 heterocycles. The third kappa shape index (κ3) is 5.31. The summed E-state index contributed by atoms with van der Waals surface area (Å²) in [5.41, 5.74) is 0. The highest BCUT2D eigenvalue weighted by Gasteiger charge is 2.38. The lowest BCUT2D eigenvalue weighted by Gasteiger charge is -2.31. The highest BCUT2D eigenvalue weighted by molar-refractivity contribution is 6.78. The van der Waals surface area contributed by atoms with E-state index in [0.29, 0.717) is 25.3 Å². The van der Waals surface area contributed by atoms with Gasteiger partial charge in [-0.05, 0) is 6.04 Å². The van der Waals surface area contributed by atoms with Crippen LogP contribution in [0.2, 0.25) is 6.04 Å². The fourth-order valence-electron chi connectivity index (χ4n) is 1.34. The number of carbonyl (C=O) groups excluding carboxylic acids is 3. The Morgan fingerprint density at radius 2 is 1.00 bits per heavy atom. The topological polar surface area (TPSA) is 87.3 Å². The summed E-state index contributed by atoms with van der Waals surface area (Å²) < 4.78 is 0. The molecule has 0 atom stereocenters. The van der Waals surface area contributed by atoms with Crippen molar-refractivity contribution in [1.29, 1.82) is 0 Å². The summed E-state index contributed by atoms with van der Waals surface area (Å²) >= 11 is 0. The van der Waals surface area contributed by atoms with Gasteiger partial charge in [-0.25, -0.2) is 0 Å². The molecule has 0 aromatic heterocycles. The Kier molecular flexibility index (Phi) is 7.26. The van der Waals surface area contributed by atoms with E-state index in [1.54, 1.807) is 20.8 Å². The molecule has 0 saturated carbocycles. The molecule has 3 N–H and O–H groups in total. The average Bonchev–Trinajstić information content (AvgIpc) is 2.37. The van der Waals surface area contributed by atoms with Crippen LogP contribution < -0.4 is 14.9 Å². The number of rotatable bonds is 7. The Balaban J connectivity index is 4.98. The molecule has 0 aromatic rings. The molecule has 0 rings (SSSR count). The molecule has 0 fully saturated rings. The maximum atomic E-state index is 11.5. The Morgan fingerprint density at radius 3 is 1.17 bits per heavy atom. The van der Waals surface area contributed by atoms with Gasteiger partial charge in [0.15, 0.2) is 0 Å². The van der Waals surface area contributed by atoms with Gasteiger partial charge >= 0.3 is 8.56 Å². The second-order valence-corrected chi connectivity index (χ2v) is 7.23. The monoisotopic (exact) mass is 273 g/mol. The largest absolute Gasteiger partial charge is 0.378 e. The zero-order valence-electron chi connectivity index (χ0n) is 11.6. The summed E-state index contributed by atoms with van der Waals surface area (Å²) in [5.74, 6) is -0.510. The molecule has 3 amide bonds. The van der Waals surface area contributed by atoms with E-state index in [0.717, 1.165) is 0 Å². The molecule has 104 valence electrons. The molecule has 0 saturated heterocycles. The lowest BCUT2D eigenvalue weighted by atomic mass is 10.5. The first-order valence-electron chi connectivity index (χ1n) is 6.36. The van der Waals surface area contributed by atoms with Crippen molar-refractivity contribution in [2.45, 2.75) is 53.0 Å². The van der Waals surface area contributed by atoms with Crippen LogP contribution in [0.5, 0.6) is 0 Å². The van der Waals surface area contributed by atoms with Crippen molar-refractivity contribution < 1.29 is 14.4 Å². The number of hydrogen-bond donors (Lipinski definition) is 3. The standard InChI is InChI=1S/C11H23N3O3Si/c1-5-9(15)12-18(8-4,13-10(16)6-2)14-11(17)7-3/h5-8H2,1-4H3,(H,12,15)(H,13,16)(H,14,17). The van der Waals surface area contributed by atoms with Crippen molar-refractivity contribution in [3.8, 4) is 0 Å². The second-order valence-electron chi connectivity index (χ2n) is 3.96. The normalized spacial score (nSPS) is 10.7. The van der Waals surface area contributed by atoms with Crippen molar-refractivity contribution in [2.24, 2.45) is 0 Å². The average molecular weight is 273 g/mol. The van der Waals surface area contributed by atoms with Crippen LogP contribution in [0.4, 0.5) is 0 Å². The van der Waals surface area contributed by atoms with Crippen LogP contribution in [-0.4, -0.2) is 26.3 Å². The number of hydrogen-bond acceptors (Lipinski definition) is 3. The maximum absolute atomic E-state index is 11.5. The van der Waals surface area contributed by atoms with E-state index in [9.17, 15) is 14.4 Å². The maximum Gasteiger partial charge on any atom is 0.378 e. The summed E-state index contributed by atoms with van der Waals surface area (Å²) in [6, 6.07) is 0.510. The molecular formula is C11H23N3O3Si. The van der Waals surface area contributed by atoms with Gasteiger partial charge in [-0.1, -0.05) is 27.7 Å². The highest BCUT2D eigenvalue weighted by Crippen LogP contribution is 2.00. The van der Waals surface area contributed by atoms with Crippen molar-refractivity contribution in [2.75, 3.05) is 0 Å². The predicted molar refractivity (Wildman–Crippen MR) is 71.5 cm³/mol. The number of nitrogens with one attached hydrogen (secondary N) is 3. The van der Waals surface area contributed by atoms with E-state index in [2.05, 4.69) is 14.9 Å². The molecule has 7 heteroatoms. The summed E-state index contributed by atoms with van der Waals surface area (Å²) in [6.45, 7) is 7.03. The summed E-state index contributed by atoms with van der Waals surface area (Å²) in [4.78, 5) is 43.0. The minimum Gasteiger partial charge on any atom is -0.348 e. The minimum absolute atomic E-state index is 0.170. The quantitative estimate of drug-likeness (QED) is 0.591. The van der Waals surface area contributed by atoms with Crippen LogP contribution in [0.15, 0.2) is 0 Å². The van der Waals surface area contributed by atoms with Gasteiger partial charge in [-0.3, -0.25) is 14.4 Å². The third-order valence-corrected chi connectivity index (χ3v) is 5.73. The van der Waals surface area contributed by atoms with Crippen LogP contribution in [-0.2, 0) is 14.4 Å². The number of carbonyl (C=O) groups is 3. The Hall–Kier alpha value is -1.37. The third-order valence-electron chi connectivity index (χ3n) is 2.55. The van der Waals surface area contributed by atoms with Crippen molar-refractivity contribution >= 4 is 26.3 Å². The first kappa shape index (κ1) is 16.6. The fraction of sp³-hybridized carbons (Fsp3) is 0.727. The van der Waals surface area contributed by atoms with Gasteiger partial charge in [-0.15, -0.1) is 0 Å². The first-order chi connectivity index (χ1) is 8.42. The molecule has 0 aliphatic rings. The van der Waals surface area contributed by atoms with Crippen LogP contribution in [0.25, 0.3) is 0 Å². The van der Waals surface area contributed by atoms with Crippen LogP contribution in [0.3, 0.4) is 0 Å². The van der Waals surface area contributed by atoms with Crippen molar-refractivity contribution in [3.05, 3.63) is 0 Å². The summed E-state index contributed by atoms with van der Waals surface area (Å²) in [6.07, 6.45) is 0.955. The summed E-state index contributed by atoms with van der Waals surface area (Å²) in [7, 11) is -2.82. The van der Waals surface area contributed by atoms with Gasteiger partial charge in [-0.2, -0.15) is 0 Å². The second kappa shape index (κ2) is 7.86. The van der Waals surface area contributed by atoms with E-state index in [-0.39, 0.29) is 17.7 Å². The van der Waals surface area contributed by atoms with E-state index in [1.807, 2.05) is 6.92 Å². The molecule has 0 aliphatic carbocycles. The lowest BCUT2D eigenvalue weighted by molar-refractivity contribution is -0.120. The van der Waals surface area contributed by atoms with Crippen molar-refractivity contribution in [3.63, 3.8) is 0 Å². The molecule has 0 aromatic carbocycles. The van der Waals surface area contributed by atoms with E-state index < -0.39 is 8.56 Å².